The van der Waals surface area contributed by atoms with E-state index >= 15 is 0 Å². The van der Waals surface area contributed by atoms with Gasteiger partial charge in [0.05, 0.1) is 25.9 Å². The minimum absolute atomic E-state index is 0.100. The van der Waals surface area contributed by atoms with Crippen molar-refractivity contribution in [3.05, 3.63) is 29.8 Å². The van der Waals surface area contributed by atoms with Crippen molar-refractivity contribution in [3.8, 4) is 5.75 Å². The Morgan fingerprint density at radius 2 is 2.35 bits per heavy atom. The molecule has 0 saturated carbocycles. The molecule has 0 unspecified atom stereocenters. The van der Waals surface area contributed by atoms with Crippen LogP contribution in [0.25, 0.3) is 0 Å². The van der Waals surface area contributed by atoms with E-state index in [9.17, 15) is 4.79 Å². The molecule has 1 aliphatic rings. The van der Waals surface area contributed by atoms with Gasteiger partial charge in [-0.25, -0.2) is 0 Å². The highest BCUT2D eigenvalue weighted by Crippen LogP contribution is 2.16. The van der Waals surface area contributed by atoms with E-state index in [-0.39, 0.29) is 18.6 Å². The van der Waals surface area contributed by atoms with Crippen LogP contribution in [0.15, 0.2) is 24.3 Å². The Morgan fingerprint density at radius 1 is 1.52 bits per heavy atom. The second-order valence-corrected chi connectivity index (χ2v) is 5.97. The fourth-order valence-corrected chi connectivity index (χ4v) is 2.83. The Balaban J connectivity index is 1.99. The standard InChI is InChI=1S/C17H27N3O3/c1-3-22-15-6-4-5-14(9-15)10-20(13-17(18)21)12-16-11-19(2)7-8-23-16/h4-6,9,16H,3,7-8,10-13H2,1-2H3,(H2,18,21)/t16-/m1/s1. The van der Waals surface area contributed by atoms with Crippen LogP contribution in [0.3, 0.4) is 0 Å². The number of hydrogen-bond acceptors (Lipinski definition) is 5. The molecule has 1 heterocycles. The first-order chi connectivity index (χ1) is 11.1. The van der Waals surface area contributed by atoms with Gasteiger partial charge in [0.1, 0.15) is 5.75 Å². The monoisotopic (exact) mass is 321 g/mol. The van der Waals surface area contributed by atoms with Gasteiger partial charge in [-0.3, -0.25) is 9.69 Å². The summed E-state index contributed by atoms with van der Waals surface area (Å²) in [5.74, 6) is 0.521. The van der Waals surface area contributed by atoms with Gasteiger partial charge in [0.15, 0.2) is 0 Å². The lowest BCUT2D eigenvalue weighted by atomic mass is 10.2. The number of carbonyl (C=O) groups excluding carboxylic acids is 1. The molecule has 2 N–H and O–H groups in total. The summed E-state index contributed by atoms with van der Waals surface area (Å²) in [7, 11) is 2.08. The molecule has 1 atom stereocenters. The molecule has 2 rings (SSSR count). The van der Waals surface area contributed by atoms with Gasteiger partial charge in [-0.05, 0) is 31.7 Å². The summed E-state index contributed by atoms with van der Waals surface area (Å²) in [6.45, 7) is 6.70. The molecule has 1 saturated heterocycles. The van der Waals surface area contributed by atoms with Crippen LogP contribution in [-0.2, 0) is 16.1 Å². The first-order valence-electron chi connectivity index (χ1n) is 8.09. The molecular weight excluding hydrogens is 294 g/mol. The van der Waals surface area contributed by atoms with Crippen LogP contribution in [0.2, 0.25) is 0 Å². The maximum atomic E-state index is 11.4. The van der Waals surface area contributed by atoms with Gasteiger partial charge in [-0.15, -0.1) is 0 Å². The van der Waals surface area contributed by atoms with E-state index in [0.29, 0.717) is 19.7 Å². The molecule has 1 aliphatic heterocycles. The van der Waals surface area contributed by atoms with Crippen molar-refractivity contribution >= 4 is 5.91 Å². The Kier molecular flexibility index (Phi) is 6.83. The second kappa shape index (κ2) is 8.86. The highest BCUT2D eigenvalue weighted by atomic mass is 16.5. The van der Waals surface area contributed by atoms with E-state index in [1.54, 1.807) is 0 Å². The molecule has 1 aromatic rings. The van der Waals surface area contributed by atoms with E-state index < -0.39 is 0 Å². The number of amides is 1. The van der Waals surface area contributed by atoms with Crippen LogP contribution in [0.4, 0.5) is 0 Å². The lowest BCUT2D eigenvalue weighted by molar-refractivity contribution is -0.120. The fraction of sp³-hybridized carbons (Fsp3) is 0.588. The number of benzene rings is 1. The number of hydrogen-bond donors (Lipinski definition) is 1. The molecule has 0 aromatic heterocycles. The lowest BCUT2D eigenvalue weighted by Crippen LogP contribution is -2.47. The van der Waals surface area contributed by atoms with Crippen LogP contribution in [0.1, 0.15) is 12.5 Å². The van der Waals surface area contributed by atoms with Gasteiger partial charge in [0, 0.05) is 26.2 Å². The molecule has 23 heavy (non-hydrogen) atoms. The third-order valence-electron chi connectivity index (χ3n) is 3.80. The fourth-order valence-electron chi connectivity index (χ4n) is 2.83. The quantitative estimate of drug-likeness (QED) is 0.763. The Hall–Kier alpha value is -1.63. The highest BCUT2D eigenvalue weighted by molar-refractivity contribution is 5.75. The zero-order valence-corrected chi connectivity index (χ0v) is 14.0. The summed E-state index contributed by atoms with van der Waals surface area (Å²) in [5, 5.41) is 0. The summed E-state index contributed by atoms with van der Waals surface area (Å²) >= 11 is 0. The van der Waals surface area contributed by atoms with Gasteiger partial charge in [-0.1, -0.05) is 12.1 Å². The number of primary amides is 1. The number of morpholine rings is 1. The first kappa shape index (κ1) is 17.7. The predicted octanol–water partition coefficient (Wildman–Crippen LogP) is 0.703. The summed E-state index contributed by atoms with van der Waals surface area (Å²) in [4.78, 5) is 15.7. The minimum atomic E-state index is -0.324. The van der Waals surface area contributed by atoms with Crippen LogP contribution >= 0.6 is 0 Å². The number of carbonyl (C=O) groups is 1. The predicted molar refractivity (Wildman–Crippen MR) is 89.3 cm³/mol. The lowest BCUT2D eigenvalue weighted by Gasteiger charge is -2.33. The van der Waals surface area contributed by atoms with Crippen molar-refractivity contribution in [1.82, 2.24) is 9.80 Å². The molecule has 0 bridgehead atoms. The number of rotatable bonds is 8. The van der Waals surface area contributed by atoms with E-state index in [4.69, 9.17) is 15.2 Å². The van der Waals surface area contributed by atoms with Gasteiger partial charge < -0.3 is 20.1 Å². The smallest absolute Gasteiger partial charge is 0.231 e. The third-order valence-corrected chi connectivity index (χ3v) is 3.80. The van der Waals surface area contributed by atoms with E-state index in [0.717, 1.165) is 31.0 Å². The molecular formula is C17H27N3O3. The maximum absolute atomic E-state index is 11.4. The average Bonchev–Trinajstić information content (AvgIpc) is 2.47. The molecule has 0 aliphatic carbocycles. The number of ether oxygens (including phenoxy) is 2. The molecule has 1 aromatic carbocycles. The molecule has 0 spiro atoms. The zero-order chi connectivity index (χ0) is 16.7. The van der Waals surface area contributed by atoms with Gasteiger partial charge in [0.2, 0.25) is 5.91 Å². The maximum Gasteiger partial charge on any atom is 0.231 e. The van der Waals surface area contributed by atoms with Gasteiger partial charge in [-0.2, -0.15) is 0 Å². The van der Waals surface area contributed by atoms with Crippen molar-refractivity contribution in [2.75, 3.05) is 46.4 Å². The summed E-state index contributed by atoms with van der Waals surface area (Å²) in [6.07, 6.45) is 0.100. The normalized spacial score (nSPS) is 19.0. The molecule has 6 nitrogen and oxygen atoms in total. The summed E-state index contributed by atoms with van der Waals surface area (Å²) in [5.41, 5.74) is 6.50. The Labute approximate surface area is 138 Å². The number of likely N-dealkylation sites (N-methyl/N-ethyl adjacent to an activating group) is 1. The van der Waals surface area contributed by atoms with E-state index in [2.05, 4.69) is 11.9 Å². The first-order valence-corrected chi connectivity index (χ1v) is 8.09. The second-order valence-electron chi connectivity index (χ2n) is 5.97. The SMILES string of the molecule is CCOc1cccc(CN(CC(N)=O)C[C@H]2CN(C)CCO2)c1. The Morgan fingerprint density at radius 3 is 3.04 bits per heavy atom. The number of nitrogens with two attached hydrogens (primary N) is 1. The molecule has 6 heteroatoms. The van der Waals surface area contributed by atoms with E-state index in [1.165, 1.54) is 0 Å². The van der Waals surface area contributed by atoms with Crippen molar-refractivity contribution in [3.63, 3.8) is 0 Å². The summed E-state index contributed by atoms with van der Waals surface area (Å²) < 4.78 is 11.3. The van der Waals surface area contributed by atoms with Crippen LogP contribution in [0, 0.1) is 0 Å². The zero-order valence-electron chi connectivity index (χ0n) is 14.0. The third kappa shape index (κ3) is 6.17. The van der Waals surface area contributed by atoms with Crippen molar-refractivity contribution in [2.45, 2.75) is 19.6 Å². The average molecular weight is 321 g/mol. The molecule has 1 fully saturated rings. The molecule has 0 radical (unpaired) electrons. The van der Waals surface area contributed by atoms with Crippen LogP contribution in [-0.4, -0.2) is 68.3 Å². The minimum Gasteiger partial charge on any atom is -0.494 e. The van der Waals surface area contributed by atoms with E-state index in [1.807, 2.05) is 36.1 Å². The molecule has 128 valence electrons. The Bertz CT molecular complexity index is 510. The summed E-state index contributed by atoms with van der Waals surface area (Å²) in [6, 6.07) is 7.94. The van der Waals surface area contributed by atoms with Crippen molar-refractivity contribution in [1.29, 1.82) is 0 Å². The van der Waals surface area contributed by atoms with Crippen molar-refractivity contribution < 1.29 is 14.3 Å². The van der Waals surface area contributed by atoms with Crippen LogP contribution in [0.5, 0.6) is 5.75 Å². The topological polar surface area (TPSA) is 68.0 Å². The van der Waals surface area contributed by atoms with Gasteiger partial charge in [0.25, 0.3) is 0 Å². The largest absolute Gasteiger partial charge is 0.494 e. The van der Waals surface area contributed by atoms with Crippen molar-refractivity contribution in [2.24, 2.45) is 5.73 Å². The van der Waals surface area contributed by atoms with Gasteiger partial charge >= 0.3 is 0 Å². The van der Waals surface area contributed by atoms with Crippen LogP contribution < -0.4 is 10.5 Å². The number of nitrogens with zero attached hydrogens (tertiary/aromatic N) is 2. The molecule has 1 amide bonds. The highest BCUT2D eigenvalue weighted by Gasteiger charge is 2.21.